The second kappa shape index (κ2) is 9.80. The molecule has 0 aromatic carbocycles. The first kappa shape index (κ1) is 19.8. The molecule has 0 radical (unpaired) electrons. The maximum atomic E-state index is 12.0. The van der Waals surface area contributed by atoms with Crippen molar-refractivity contribution in [3.63, 3.8) is 0 Å². The van der Waals surface area contributed by atoms with Crippen molar-refractivity contribution in [2.75, 3.05) is 21.3 Å². The van der Waals surface area contributed by atoms with E-state index in [1.807, 2.05) is 0 Å². The van der Waals surface area contributed by atoms with Crippen LogP contribution in [0.1, 0.15) is 44.9 Å². The molecule has 6 nitrogen and oxygen atoms in total. The second-order valence-electron chi connectivity index (χ2n) is 5.86. The van der Waals surface area contributed by atoms with Crippen molar-refractivity contribution >= 4 is 11.8 Å². The van der Waals surface area contributed by atoms with Crippen molar-refractivity contribution in [2.45, 2.75) is 56.8 Å². The Morgan fingerprint density at radius 2 is 1.78 bits per heavy atom. The third kappa shape index (κ3) is 5.41. The van der Waals surface area contributed by atoms with Crippen LogP contribution in [0.2, 0.25) is 0 Å². The van der Waals surface area contributed by atoms with Crippen molar-refractivity contribution in [2.24, 2.45) is 5.92 Å². The van der Waals surface area contributed by atoms with Crippen LogP contribution in [0.4, 0.5) is 0 Å². The number of methoxy groups -OCH3 is 3. The number of hydrogen-bond acceptors (Lipinski definition) is 6. The summed E-state index contributed by atoms with van der Waals surface area (Å²) in [6, 6.07) is 0. The average Bonchev–Trinajstić information content (AvgIpc) is 2.83. The molecule has 1 N–H and O–H groups in total. The second-order valence-corrected chi connectivity index (χ2v) is 5.86. The summed E-state index contributed by atoms with van der Waals surface area (Å²) in [4.78, 5) is 23.0. The highest BCUT2D eigenvalue weighted by Gasteiger charge is 2.48. The zero-order valence-corrected chi connectivity index (χ0v) is 14.2. The highest BCUT2D eigenvalue weighted by Crippen LogP contribution is 2.35. The van der Waals surface area contributed by atoms with Crippen molar-refractivity contribution in [3.05, 3.63) is 12.2 Å². The minimum absolute atomic E-state index is 0.0858. The predicted octanol–water partition coefficient (Wildman–Crippen LogP) is 2.00. The number of hydrogen-bond donors (Lipinski definition) is 1. The lowest BCUT2D eigenvalue weighted by molar-refractivity contribution is -0.210. The van der Waals surface area contributed by atoms with E-state index in [9.17, 15) is 14.7 Å². The zero-order valence-electron chi connectivity index (χ0n) is 14.2. The van der Waals surface area contributed by atoms with Crippen LogP contribution < -0.4 is 0 Å². The number of carbonyl (C=O) groups is 2. The Hall–Kier alpha value is -1.24. The van der Waals surface area contributed by atoms with E-state index in [0.717, 1.165) is 32.1 Å². The number of ether oxygens (including phenoxy) is 3. The Bertz CT molecular complexity index is 415. The molecule has 2 unspecified atom stereocenters. The van der Waals surface area contributed by atoms with E-state index in [4.69, 9.17) is 9.47 Å². The quantitative estimate of drug-likeness (QED) is 0.355. The van der Waals surface area contributed by atoms with E-state index >= 15 is 0 Å². The fourth-order valence-corrected chi connectivity index (χ4v) is 3.02. The lowest BCUT2D eigenvalue weighted by Crippen LogP contribution is -2.48. The molecule has 0 heterocycles. The van der Waals surface area contributed by atoms with Gasteiger partial charge in [0.05, 0.1) is 13.0 Å². The van der Waals surface area contributed by atoms with Crippen LogP contribution in [0.25, 0.3) is 0 Å². The third-order valence-corrected chi connectivity index (χ3v) is 4.32. The van der Waals surface area contributed by atoms with E-state index in [0.29, 0.717) is 12.8 Å². The monoisotopic (exact) mass is 328 g/mol. The summed E-state index contributed by atoms with van der Waals surface area (Å²) in [5.41, 5.74) is -1.40. The highest BCUT2D eigenvalue weighted by molar-refractivity contribution is 5.96. The van der Waals surface area contributed by atoms with Gasteiger partial charge >= 0.3 is 5.97 Å². The number of allylic oxidation sites excluding steroid dienone is 1. The molecule has 0 saturated carbocycles. The molecule has 23 heavy (non-hydrogen) atoms. The standard InChI is InChI=1S/C17H28O6/c1-21-15(19)10-8-6-4-5-7-9-13-14(18)11-12-17(13,20)16(22-2)23-3/h11-13,16,20H,4-10H2,1-3H3. The molecule has 132 valence electrons. The summed E-state index contributed by atoms with van der Waals surface area (Å²) >= 11 is 0. The Morgan fingerprint density at radius 1 is 1.17 bits per heavy atom. The van der Waals surface area contributed by atoms with Gasteiger partial charge in [0.2, 0.25) is 0 Å². The van der Waals surface area contributed by atoms with Crippen molar-refractivity contribution in [3.8, 4) is 0 Å². The average molecular weight is 328 g/mol. The number of esters is 1. The molecular weight excluding hydrogens is 300 g/mol. The number of ketones is 1. The maximum Gasteiger partial charge on any atom is 0.305 e. The minimum atomic E-state index is -1.40. The van der Waals surface area contributed by atoms with Crippen LogP contribution in [-0.4, -0.2) is 50.1 Å². The summed E-state index contributed by atoms with van der Waals surface area (Å²) in [5.74, 6) is -0.789. The number of aliphatic hydroxyl groups is 1. The van der Waals surface area contributed by atoms with E-state index in [-0.39, 0.29) is 11.8 Å². The van der Waals surface area contributed by atoms with Crippen molar-refractivity contribution in [1.82, 2.24) is 0 Å². The van der Waals surface area contributed by atoms with Gasteiger partial charge in [-0.15, -0.1) is 0 Å². The molecule has 0 spiro atoms. The van der Waals surface area contributed by atoms with Crippen LogP contribution in [0.15, 0.2) is 12.2 Å². The molecule has 2 atom stereocenters. The molecule has 0 bridgehead atoms. The fraction of sp³-hybridized carbons (Fsp3) is 0.765. The SMILES string of the molecule is COC(=O)CCCCCCCC1C(=O)C=CC1(O)C(OC)OC. The first-order valence-electron chi connectivity index (χ1n) is 8.07. The lowest BCUT2D eigenvalue weighted by Gasteiger charge is -2.34. The van der Waals surface area contributed by atoms with Crippen molar-refractivity contribution < 1.29 is 28.9 Å². The maximum absolute atomic E-state index is 12.0. The molecule has 1 aliphatic rings. The first-order chi connectivity index (χ1) is 11.0. The van der Waals surface area contributed by atoms with Gasteiger partial charge in [-0.1, -0.05) is 25.7 Å². The molecular formula is C17H28O6. The van der Waals surface area contributed by atoms with Gasteiger partial charge in [-0.05, 0) is 25.0 Å². The van der Waals surface area contributed by atoms with E-state index in [1.54, 1.807) is 0 Å². The van der Waals surface area contributed by atoms with Crippen LogP contribution >= 0.6 is 0 Å². The van der Waals surface area contributed by atoms with Gasteiger partial charge in [-0.3, -0.25) is 9.59 Å². The van der Waals surface area contributed by atoms with E-state index in [2.05, 4.69) is 4.74 Å². The van der Waals surface area contributed by atoms with Crippen LogP contribution in [-0.2, 0) is 23.8 Å². The first-order valence-corrected chi connectivity index (χ1v) is 8.07. The van der Waals surface area contributed by atoms with Gasteiger partial charge in [0.25, 0.3) is 0 Å². The summed E-state index contributed by atoms with van der Waals surface area (Å²) in [6.45, 7) is 0. The smallest absolute Gasteiger partial charge is 0.305 e. The summed E-state index contributed by atoms with van der Waals surface area (Å²) in [6.07, 6.45) is 7.61. The van der Waals surface area contributed by atoms with E-state index in [1.165, 1.54) is 33.5 Å². The molecule has 0 fully saturated rings. The van der Waals surface area contributed by atoms with Crippen LogP contribution in [0.3, 0.4) is 0 Å². The molecule has 0 aromatic rings. The van der Waals surface area contributed by atoms with Gasteiger partial charge in [-0.2, -0.15) is 0 Å². The van der Waals surface area contributed by atoms with Crippen LogP contribution in [0.5, 0.6) is 0 Å². The van der Waals surface area contributed by atoms with Gasteiger partial charge < -0.3 is 19.3 Å². The topological polar surface area (TPSA) is 82.1 Å². The number of carbonyl (C=O) groups excluding carboxylic acids is 2. The molecule has 0 aliphatic heterocycles. The summed E-state index contributed by atoms with van der Waals surface area (Å²) in [7, 11) is 4.28. The Kier molecular flexibility index (Phi) is 8.44. The molecule has 1 rings (SSSR count). The molecule has 0 saturated heterocycles. The predicted molar refractivity (Wildman–Crippen MR) is 84.7 cm³/mol. The number of rotatable bonds is 11. The molecule has 6 heteroatoms. The van der Waals surface area contributed by atoms with Crippen molar-refractivity contribution in [1.29, 1.82) is 0 Å². The molecule has 1 aliphatic carbocycles. The lowest BCUT2D eigenvalue weighted by atomic mass is 9.84. The largest absolute Gasteiger partial charge is 0.469 e. The highest BCUT2D eigenvalue weighted by atomic mass is 16.7. The number of unbranched alkanes of at least 4 members (excludes halogenated alkanes) is 4. The molecule has 0 amide bonds. The Balaban J connectivity index is 2.32. The zero-order chi connectivity index (χ0) is 17.3. The van der Waals surface area contributed by atoms with Gasteiger partial charge in [0.1, 0.15) is 5.60 Å². The Morgan fingerprint density at radius 3 is 2.39 bits per heavy atom. The normalized spacial score (nSPS) is 23.7. The van der Waals surface area contributed by atoms with E-state index < -0.39 is 17.8 Å². The minimum Gasteiger partial charge on any atom is -0.469 e. The summed E-state index contributed by atoms with van der Waals surface area (Å²) in [5, 5.41) is 10.7. The molecule has 0 aromatic heterocycles. The third-order valence-electron chi connectivity index (χ3n) is 4.32. The summed E-state index contributed by atoms with van der Waals surface area (Å²) < 4.78 is 14.9. The van der Waals surface area contributed by atoms with Gasteiger partial charge in [-0.25, -0.2) is 0 Å². The Labute approximate surface area is 137 Å². The van der Waals surface area contributed by atoms with Gasteiger partial charge in [0.15, 0.2) is 12.1 Å². The van der Waals surface area contributed by atoms with Crippen LogP contribution in [0, 0.1) is 5.92 Å². The van der Waals surface area contributed by atoms with Gasteiger partial charge in [0, 0.05) is 20.6 Å². The fourth-order valence-electron chi connectivity index (χ4n) is 3.02.